The lowest BCUT2D eigenvalue weighted by atomic mass is 9.89. The Morgan fingerprint density at radius 1 is 1.26 bits per heavy atom. The summed E-state index contributed by atoms with van der Waals surface area (Å²) in [6.07, 6.45) is 7.06. The van der Waals surface area contributed by atoms with E-state index in [-0.39, 0.29) is 0 Å². The number of rotatable bonds is 3. The van der Waals surface area contributed by atoms with Crippen LogP contribution in [-0.2, 0) is 19.4 Å². The lowest BCUT2D eigenvalue weighted by Crippen LogP contribution is -2.10. The number of nitrogens with zero attached hydrogens (tertiary/aromatic N) is 4. The van der Waals surface area contributed by atoms with Gasteiger partial charge in [-0.3, -0.25) is 0 Å². The van der Waals surface area contributed by atoms with Gasteiger partial charge in [-0.05, 0) is 43.7 Å². The second-order valence-corrected chi connectivity index (χ2v) is 7.25. The van der Waals surface area contributed by atoms with Crippen molar-refractivity contribution in [1.82, 2.24) is 19.9 Å². The van der Waals surface area contributed by atoms with Gasteiger partial charge in [0.15, 0.2) is 0 Å². The highest BCUT2D eigenvalue weighted by Gasteiger charge is 2.23. The third-order valence-electron chi connectivity index (χ3n) is 4.30. The zero-order chi connectivity index (χ0) is 15.8. The summed E-state index contributed by atoms with van der Waals surface area (Å²) in [7, 11) is 0. The summed E-state index contributed by atoms with van der Waals surface area (Å²) in [6, 6.07) is 1.83. The van der Waals surface area contributed by atoms with Crippen LogP contribution in [0.25, 0.3) is 10.2 Å². The van der Waals surface area contributed by atoms with Crippen LogP contribution in [0.15, 0.2) is 18.5 Å². The molecule has 118 valence electrons. The predicted octanol–water partition coefficient (Wildman–Crippen LogP) is 3.53. The Labute approximate surface area is 139 Å². The second-order valence-electron chi connectivity index (χ2n) is 6.17. The first-order chi connectivity index (χ1) is 11.2. The summed E-state index contributed by atoms with van der Waals surface area (Å²) in [5.74, 6) is 3.26. The molecule has 0 spiro atoms. The van der Waals surface area contributed by atoms with E-state index in [9.17, 15) is 0 Å². The van der Waals surface area contributed by atoms with Crippen molar-refractivity contribution in [3.63, 3.8) is 0 Å². The number of aryl methyl sites for hydroxylation is 2. The first-order valence-corrected chi connectivity index (χ1v) is 8.81. The van der Waals surface area contributed by atoms with Gasteiger partial charge in [-0.1, -0.05) is 6.92 Å². The molecular weight excluding hydrogens is 306 g/mol. The quantitative estimate of drug-likeness (QED) is 0.798. The zero-order valence-corrected chi connectivity index (χ0v) is 14.2. The van der Waals surface area contributed by atoms with Crippen molar-refractivity contribution in [2.75, 3.05) is 5.32 Å². The van der Waals surface area contributed by atoms with Gasteiger partial charge in [-0.25, -0.2) is 19.9 Å². The fourth-order valence-electron chi connectivity index (χ4n) is 3.16. The number of hydrogen-bond donors (Lipinski definition) is 1. The Morgan fingerprint density at radius 3 is 2.91 bits per heavy atom. The van der Waals surface area contributed by atoms with Gasteiger partial charge in [0, 0.05) is 17.3 Å². The predicted molar refractivity (Wildman–Crippen MR) is 92.7 cm³/mol. The van der Waals surface area contributed by atoms with Crippen molar-refractivity contribution < 1.29 is 0 Å². The molecule has 23 heavy (non-hydrogen) atoms. The van der Waals surface area contributed by atoms with E-state index in [0.717, 1.165) is 41.1 Å². The van der Waals surface area contributed by atoms with Gasteiger partial charge >= 0.3 is 0 Å². The Morgan fingerprint density at radius 2 is 2.09 bits per heavy atom. The standard InChI is InChI=1S/C17H19N5S/c1-10-4-5-12-13(8-10)23-17-15(12)16(21-11(2)22-17)20-9-14-18-6-3-7-19-14/h3,6-7,10H,4-5,8-9H2,1-2H3,(H,20,21,22). The maximum absolute atomic E-state index is 4.66. The molecule has 1 aliphatic rings. The summed E-state index contributed by atoms with van der Waals surface area (Å²) in [5, 5.41) is 4.63. The molecule has 0 aromatic carbocycles. The molecule has 0 radical (unpaired) electrons. The molecule has 0 aliphatic heterocycles. The van der Waals surface area contributed by atoms with Gasteiger partial charge in [0.1, 0.15) is 22.3 Å². The fraction of sp³-hybridized carbons (Fsp3) is 0.412. The van der Waals surface area contributed by atoms with Gasteiger partial charge in [0.25, 0.3) is 0 Å². The molecular formula is C17H19N5S. The highest BCUT2D eigenvalue weighted by atomic mass is 32.1. The molecule has 0 fully saturated rings. The molecule has 5 nitrogen and oxygen atoms in total. The molecule has 0 saturated carbocycles. The lowest BCUT2D eigenvalue weighted by Gasteiger charge is -2.18. The van der Waals surface area contributed by atoms with Crippen LogP contribution in [0.2, 0.25) is 0 Å². The van der Waals surface area contributed by atoms with Gasteiger partial charge in [-0.15, -0.1) is 11.3 Å². The molecule has 3 heterocycles. The maximum atomic E-state index is 4.66. The first kappa shape index (κ1) is 14.5. The molecule has 0 bridgehead atoms. The van der Waals surface area contributed by atoms with Crippen molar-refractivity contribution in [3.8, 4) is 0 Å². The normalized spacial score (nSPS) is 17.2. The van der Waals surface area contributed by atoms with E-state index < -0.39 is 0 Å². The Hall–Kier alpha value is -2.08. The summed E-state index contributed by atoms with van der Waals surface area (Å²) < 4.78 is 0. The van der Waals surface area contributed by atoms with E-state index in [1.165, 1.54) is 22.2 Å². The summed E-state index contributed by atoms with van der Waals surface area (Å²) in [5.41, 5.74) is 1.44. The number of fused-ring (bicyclic) bond motifs is 3. The van der Waals surface area contributed by atoms with E-state index in [2.05, 4.69) is 32.2 Å². The van der Waals surface area contributed by atoms with Crippen LogP contribution >= 0.6 is 11.3 Å². The minimum absolute atomic E-state index is 0.577. The van der Waals surface area contributed by atoms with Crippen molar-refractivity contribution in [3.05, 3.63) is 40.5 Å². The van der Waals surface area contributed by atoms with E-state index >= 15 is 0 Å². The van der Waals surface area contributed by atoms with Crippen molar-refractivity contribution in [2.24, 2.45) is 5.92 Å². The van der Waals surface area contributed by atoms with Crippen LogP contribution in [0, 0.1) is 12.8 Å². The minimum atomic E-state index is 0.577. The molecule has 1 unspecified atom stereocenters. The highest BCUT2D eigenvalue weighted by Crippen LogP contribution is 2.40. The monoisotopic (exact) mass is 325 g/mol. The van der Waals surface area contributed by atoms with E-state index in [0.29, 0.717) is 6.54 Å². The third-order valence-corrected chi connectivity index (χ3v) is 5.45. The highest BCUT2D eigenvalue weighted by molar-refractivity contribution is 7.19. The van der Waals surface area contributed by atoms with Crippen molar-refractivity contribution >= 4 is 27.4 Å². The van der Waals surface area contributed by atoms with Gasteiger partial charge in [0.2, 0.25) is 0 Å². The smallest absolute Gasteiger partial charge is 0.147 e. The average molecular weight is 325 g/mol. The van der Waals surface area contributed by atoms with Crippen LogP contribution < -0.4 is 5.32 Å². The SMILES string of the molecule is Cc1nc(NCc2ncccn2)c2c3c(sc2n1)CC(C)CC3. The number of nitrogens with one attached hydrogen (secondary N) is 1. The third kappa shape index (κ3) is 2.79. The first-order valence-electron chi connectivity index (χ1n) is 7.99. The van der Waals surface area contributed by atoms with Crippen LogP contribution in [0.3, 0.4) is 0 Å². The zero-order valence-electron chi connectivity index (χ0n) is 13.3. The van der Waals surface area contributed by atoms with E-state index in [1.54, 1.807) is 12.4 Å². The van der Waals surface area contributed by atoms with Crippen LogP contribution in [0.1, 0.15) is 35.4 Å². The molecule has 1 aliphatic carbocycles. The molecule has 1 N–H and O–H groups in total. The van der Waals surface area contributed by atoms with Gasteiger partial charge in [-0.2, -0.15) is 0 Å². The Balaban J connectivity index is 1.73. The van der Waals surface area contributed by atoms with Gasteiger partial charge < -0.3 is 5.32 Å². The molecule has 0 saturated heterocycles. The molecule has 6 heteroatoms. The van der Waals surface area contributed by atoms with E-state index in [1.807, 2.05) is 24.3 Å². The fourth-order valence-corrected chi connectivity index (χ4v) is 4.59. The molecule has 0 amide bonds. The summed E-state index contributed by atoms with van der Waals surface area (Å²) in [6.45, 7) is 4.86. The van der Waals surface area contributed by atoms with Crippen LogP contribution in [0.5, 0.6) is 0 Å². The molecule has 4 rings (SSSR count). The summed E-state index contributed by atoms with van der Waals surface area (Å²) in [4.78, 5) is 20.4. The van der Waals surface area contributed by atoms with Gasteiger partial charge in [0.05, 0.1) is 11.9 Å². The number of hydrogen-bond acceptors (Lipinski definition) is 6. The molecule has 3 aromatic heterocycles. The minimum Gasteiger partial charge on any atom is -0.362 e. The van der Waals surface area contributed by atoms with Crippen LogP contribution in [0.4, 0.5) is 5.82 Å². The Bertz CT molecular complexity index is 843. The largest absolute Gasteiger partial charge is 0.362 e. The number of anilines is 1. The second kappa shape index (κ2) is 5.85. The number of aromatic nitrogens is 4. The van der Waals surface area contributed by atoms with Crippen molar-refractivity contribution in [1.29, 1.82) is 0 Å². The van der Waals surface area contributed by atoms with E-state index in [4.69, 9.17) is 0 Å². The van der Waals surface area contributed by atoms with Crippen LogP contribution in [-0.4, -0.2) is 19.9 Å². The Kier molecular flexibility index (Phi) is 3.69. The number of thiophene rings is 1. The molecule has 1 atom stereocenters. The maximum Gasteiger partial charge on any atom is 0.147 e. The average Bonchev–Trinajstić information content (AvgIpc) is 2.90. The molecule has 3 aromatic rings. The topological polar surface area (TPSA) is 63.6 Å². The lowest BCUT2D eigenvalue weighted by molar-refractivity contribution is 0.509. The summed E-state index contributed by atoms with van der Waals surface area (Å²) >= 11 is 1.83. The van der Waals surface area contributed by atoms with Crippen molar-refractivity contribution in [2.45, 2.75) is 39.7 Å².